The highest BCUT2D eigenvalue weighted by atomic mass is 16.6. The molecular weight excluding hydrogens is 208 g/mol. The molecule has 16 heavy (non-hydrogen) atoms. The molecule has 0 aliphatic heterocycles. The first kappa shape index (κ1) is 13.2. The molecule has 0 aromatic carbocycles. The van der Waals surface area contributed by atoms with Crippen LogP contribution in [0.25, 0.3) is 0 Å². The normalized spacial score (nSPS) is 18.4. The van der Waals surface area contributed by atoms with Gasteiger partial charge in [0.25, 0.3) is 0 Å². The van der Waals surface area contributed by atoms with E-state index in [1.165, 1.54) is 12.8 Å². The third kappa shape index (κ3) is 4.33. The molecule has 92 valence electrons. The van der Waals surface area contributed by atoms with Crippen LogP contribution >= 0.6 is 0 Å². The smallest absolute Gasteiger partial charge is 0.333 e. The molecule has 1 fully saturated rings. The van der Waals surface area contributed by atoms with E-state index in [4.69, 9.17) is 14.6 Å². The Bertz CT molecular complexity index is 243. The number of carbonyl (C=O) groups excluding carboxylic acids is 1. The number of hydrogen-bond donors (Lipinski definition) is 1. The van der Waals surface area contributed by atoms with Crippen LogP contribution in [0.4, 0.5) is 0 Å². The molecule has 4 heteroatoms. The third-order valence-corrected chi connectivity index (χ3v) is 2.64. The zero-order valence-corrected chi connectivity index (χ0v) is 9.78. The van der Waals surface area contributed by atoms with Gasteiger partial charge >= 0.3 is 5.97 Å². The van der Waals surface area contributed by atoms with Crippen molar-refractivity contribution in [1.29, 1.82) is 0 Å². The molecule has 0 radical (unpaired) electrons. The van der Waals surface area contributed by atoms with Crippen molar-refractivity contribution in [3.05, 3.63) is 12.2 Å². The molecule has 1 saturated carbocycles. The van der Waals surface area contributed by atoms with Gasteiger partial charge in [-0.2, -0.15) is 0 Å². The van der Waals surface area contributed by atoms with Crippen molar-refractivity contribution in [2.45, 2.75) is 44.8 Å². The topological polar surface area (TPSA) is 55.8 Å². The fourth-order valence-corrected chi connectivity index (χ4v) is 1.72. The predicted molar refractivity (Wildman–Crippen MR) is 60.0 cm³/mol. The lowest BCUT2D eigenvalue weighted by Crippen LogP contribution is -2.29. The summed E-state index contributed by atoms with van der Waals surface area (Å²) in [6.07, 6.45) is 4.21. The minimum absolute atomic E-state index is 0.0959. The SMILES string of the molecule is C=C(C)C(=O)OCC(CO)OC1CCCC1. The van der Waals surface area contributed by atoms with Crippen LogP contribution in [-0.4, -0.2) is 36.5 Å². The van der Waals surface area contributed by atoms with E-state index in [-0.39, 0.29) is 19.3 Å². The average molecular weight is 228 g/mol. The van der Waals surface area contributed by atoms with E-state index < -0.39 is 12.1 Å². The van der Waals surface area contributed by atoms with Crippen LogP contribution in [0.15, 0.2) is 12.2 Å². The maximum atomic E-state index is 11.1. The molecule has 0 aromatic rings. The van der Waals surface area contributed by atoms with E-state index in [2.05, 4.69) is 6.58 Å². The highest BCUT2D eigenvalue weighted by Gasteiger charge is 2.21. The Labute approximate surface area is 96.2 Å². The summed E-state index contributed by atoms with van der Waals surface area (Å²) in [6.45, 7) is 5.05. The van der Waals surface area contributed by atoms with Gasteiger partial charge in [0.05, 0.1) is 12.7 Å². The van der Waals surface area contributed by atoms with Crippen LogP contribution in [0.5, 0.6) is 0 Å². The Morgan fingerprint density at radius 3 is 2.62 bits per heavy atom. The molecule has 0 aromatic heterocycles. The largest absolute Gasteiger partial charge is 0.459 e. The van der Waals surface area contributed by atoms with Gasteiger partial charge in [-0.1, -0.05) is 19.4 Å². The van der Waals surface area contributed by atoms with Crippen molar-refractivity contribution in [3.8, 4) is 0 Å². The van der Waals surface area contributed by atoms with E-state index in [1.807, 2.05) is 0 Å². The summed E-state index contributed by atoms with van der Waals surface area (Å²) < 4.78 is 10.6. The monoisotopic (exact) mass is 228 g/mol. The molecule has 0 saturated heterocycles. The summed E-state index contributed by atoms with van der Waals surface area (Å²) in [5, 5.41) is 9.10. The Morgan fingerprint density at radius 1 is 1.50 bits per heavy atom. The fourth-order valence-electron chi connectivity index (χ4n) is 1.72. The fraction of sp³-hybridized carbons (Fsp3) is 0.750. The van der Waals surface area contributed by atoms with Crippen LogP contribution in [0.1, 0.15) is 32.6 Å². The second-order valence-corrected chi connectivity index (χ2v) is 4.23. The average Bonchev–Trinajstić information content (AvgIpc) is 2.76. The van der Waals surface area contributed by atoms with Crippen molar-refractivity contribution in [2.24, 2.45) is 0 Å². The molecule has 1 aliphatic rings. The van der Waals surface area contributed by atoms with Crippen molar-refractivity contribution in [1.82, 2.24) is 0 Å². The predicted octanol–water partition coefficient (Wildman–Crippen LogP) is 1.43. The molecule has 4 nitrogen and oxygen atoms in total. The molecule has 0 amide bonds. The van der Waals surface area contributed by atoms with Gasteiger partial charge in [0.15, 0.2) is 0 Å². The van der Waals surface area contributed by atoms with Gasteiger partial charge in [0.1, 0.15) is 12.7 Å². The molecule has 0 heterocycles. The summed E-state index contributed by atoms with van der Waals surface area (Å²) in [6, 6.07) is 0. The summed E-state index contributed by atoms with van der Waals surface area (Å²) in [7, 11) is 0. The van der Waals surface area contributed by atoms with Crippen LogP contribution < -0.4 is 0 Å². The van der Waals surface area contributed by atoms with Gasteiger partial charge in [-0.25, -0.2) is 4.79 Å². The highest BCUT2D eigenvalue weighted by Crippen LogP contribution is 2.22. The van der Waals surface area contributed by atoms with Crippen LogP contribution in [0.2, 0.25) is 0 Å². The van der Waals surface area contributed by atoms with E-state index in [1.54, 1.807) is 6.92 Å². The molecule has 1 N–H and O–H groups in total. The van der Waals surface area contributed by atoms with Gasteiger partial charge in [-0.3, -0.25) is 0 Å². The first-order valence-corrected chi connectivity index (χ1v) is 5.72. The minimum atomic E-state index is -0.437. The molecule has 1 atom stereocenters. The lowest BCUT2D eigenvalue weighted by Gasteiger charge is -2.20. The van der Waals surface area contributed by atoms with Gasteiger partial charge in [-0.05, 0) is 19.8 Å². The first-order chi connectivity index (χ1) is 7.63. The lowest BCUT2D eigenvalue weighted by molar-refractivity contribution is -0.146. The third-order valence-electron chi connectivity index (χ3n) is 2.64. The van der Waals surface area contributed by atoms with Crippen LogP contribution in [0, 0.1) is 0 Å². The van der Waals surface area contributed by atoms with Crippen molar-refractivity contribution < 1.29 is 19.4 Å². The molecule has 0 spiro atoms. The quantitative estimate of drug-likeness (QED) is 0.552. The Hall–Kier alpha value is -0.870. The number of hydrogen-bond acceptors (Lipinski definition) is 4. The van der Waals surface area contributed by atoms with Gasteiger partial charge in [-0.15, -0.1) is 0 Å². The number of aliphatic hydroxyl groups is 1. The summed E-state index contributed by atoms with van der Waals surface area (Å²) in [5.41, 5.74) is 0.359. The maximum absolute atomic E-state index is 11.1. The number of aliphatic hydroxyl groups excluding tert-OH is 1. The summed E-state index contributed by atoms with van der Waals surface area (Å²) >= 11 is 0. The Balaban J connectivity index is 2.25. The zero-order chi connectivity index (χ0) is 12.0. The summed E-state index contributed by atoms with van der Waals surface area (Å²) in [4.78, 5) is 11.1. The Kier molecular flexibility index (Phi) is 5.49. The standard InChI is InChI=1S/C12H20O4/c1-9(2)12(14)15-8-11(7-13)16-10-5-3-4-6-10/h10-11,13H,1,3-8H2,2H3. The van der Waals surface area contributed by atoms with Gasteiger partial charge in [0.2, 0.25) is 0 Å². The highest BCUT2D eigenvalue weighted by molar-refractivity contribution is 5.86. The van der Waals surface area contributed by atoms with E-state index in [9.17, 15) is 4.79 Å². The first-order valence-electron chi connectivity index (χ1n) is 5.72. The van der Waals surface area contributed by atoms with E-state index in [0.717, 1.165) is 12.8 Å². The number of carbonyl (C=O) groups is 1. The second-order valence-electron chi connectivity index (χ2n) is 4.23. The zero-order valence-electron chi connectivity index (χ0n) is 9.78. The van der Waals surface area contributed by atoms with E-state index in [0.29, 0.717) is 5.57 Å². The second kappa shape index (κ2) is 6.66. The van der Waals surface area contributed by atoms with Crippen LogP contribution in [-0.2, 0) is 14.3 Å². The van der Waals surface area contributed by atoms with Crippen molar-refractivity contribution >= 4 is 5.97 Å². The van der Waals surface area contributed by atoms with Gasteiger partial charge in [0, 0.05) is 5.57 Å². The number of esters is 1. The maximum Gasteiger partial charge on any atom is 0.333 e. The van der Waals surface area contributed by atoms with Gasteiger partial charge < -0.3 is 14.6 Å². The molecule has 1 unspecified atom stereocenters. The molecular formula is C12H20O4. The lowest BCUT2D eigenvalue weighted by atomic mass is 10.3. The molecule has 1 aliphatic carbocycles. The van der Waals surface area contributed by atoms with Crippen molar-refractivity contribution in [3.63, 3.8) is 0 Å². The number of rotatable bonds is 6. The van der Waals surface area contributed by atoms with Crippen molar-refractivity contribution in [2.75, 3.05) is 13.2 Å². The molecule has 0 bridgehead atoms. The van der Waals surface area contributed by atoms with E-state index >= 15 is 0 Å². The molecule has 1 rings (SSSR count). The van der Waals surface area contributed by atoms with Crippen LogP contribution in [0.3, 0.4) is 0 Å². The number of ether oxygens (including phenoxy) is 2. The minimum Gasteiger partial charge on any atom is -0.459 e. The summed E-state index contributed by atoms with van der Waals surface area (Å²) in [5.74, 6) is -0.437. The Morgan fingerprint density at radius 2 is 2.12 bits per heavy atom.